The summed E-state index contributed by atoms with van der Waals surface area (Å²) < 4.78 is 16.9. The highest BCUT2D eigenvalue weighted by molar-refractivity contribution is 7.81. The van der Waals surface area contributed by atoms with Crippen LogP contribution in [0.1, 0.15) is 0 Å². The molecule has 0 aliphatic carbocycles. The standard InChI is InChI=1S/C23H15N2OP/c26-27-21-13-5-2-9-17(21)16-8-1-4-12-20(16)25(27)23-19(11-7-15-24-23)18-10-3-6-14-22(18)27/h1-15H. The van der Waals surface area contributed by atoms with Gasteiger partial charge in [0.1, 0.15) is 5.82 Å². The Morgan fingerprint density at radius 1 is 0.630 bits per heavy atom. The molecule has 1 aromatic heterocycles. The second-order valence-corrected chi connectivity index (χ2v) is 9.33. The number of pyridine rings is 1. The molecule has 0 amide bonds. The molecule has 0 saturated carbocycles. The third-order valence-corrected chi connectivity index (χ3v) is 8.50. The van der Waals surface area contributed by atoms with E-state index in [-0.39, 0.29) is 0 Å². The van der Waals surface area contributed by atoms with E-state index < -0.39 is 7.29 Å². The number of benzene rings is 3. The van der Waals surface area contributed by atoms with E-state index in [0.29, 0.717) is 0 Å². The third kappa shape index (κ3) is 1.77. The molecule has 1 atom stereocenters. The van der Waals surface area contributed by atoms with Gasteiger partial charge in [-0.25, -0.2) is 4.98 Å². The quantitative estimate of drug-likeness (QED) is 0.406. The van der Waals surface area contributed by atoms with Gasteiger partial charge in [-0.2, -0.15) is 0 Å². The Morgan fingerprint density at radius 2 is 1.19 bits per heavy atom. The van der Waals surface area contributed by atoms with E-state index in [1.807, 2.05) is 65.3 Å². The first kappa shape index (κ1) is 15.0. The monoisotopic (exact) mass is 366 g/mol. The summed E-state index contributed by atoms with van der Waals surface area (Å²) in [7, 11) is -3.09. The molecule has 3 heterocycles. The second kappa shape index (κ2) is 5.18. The summed E-state index contributed by atoms with van der Waals surface area (Å²) >= 11 is 0. The molecule has 0 bridgehead atoms. The van der Waals surface area contributed by atoms with Crippen molar-refractivity contribution in [3.63, 3.8) is 0 Å². The topological polar surface area (TPSA) is 33.2 Å². The van der Waals surface area contributed by atoms with Gasteiger partial charge in [0.05, 0.1) is 5.69 Å². The number of para-hydroxylation sites is 1. The number of nitrogens with zero attached hydrogens (tertiary/aromatic N) is 2. The summed E-state index contributed by atoms with van der Waals surface area (Å²) in [6, 6.07) is 28.3. The van der Waals surface area contributed by atoms with E-state index in [9.17, 15) is 4.57 Å². The van der Waals surface area contributed by atoms with E-state index in [4.69, 9.17) is 0 Å². The molecular weight excluding hydrogens is 351 g/mol. The Hall–Kier alpha value is -3.16. The van der Waals surface area contributed by atoms with Crippen molar-refractivity contribution in [3.8, 4) is 22.3 Å². The molecule has 27 heavy (non-hydrogen) atoms. The lowest BCUT2D eigenvalue weighted by Gasteiger charge is -2.43. The van der Waals surface area contributed by atoms with E-state index in [1.165, 1.54) is 0 Å². The van der Waals surface area contributed by atoms with Gasteiger partial charge in [0, 0.05) is 27.9 Å². The molecule has 2 aliphatic rings. The van der Waals surface area contributed by atoms with Crippen molar-refractivity contribution in [1.29, 1.82) is 0 Å². The fraction of sp³-hybridized carbons (Fsp3) is 0. The zero-order valence-electron chi connectivity index (χ0n) is 14.4. The maximum Gasteiger partial charge on any atom is 0.236 e. The third-order valence-electron chi connectivity index (χ3n) is 5.44. The summed E-state index contributed by atoms with van der Waals surface area (Å²) in [6.45, 7) is 0. The first-order chi connectivity index (χ1) is 13.3. The summed E-state index contributed by atoms with van der Waals surface area (Å²) in [4.78, 5) is 4.67. The highest BCUT2D eigenvalue weighted by Crippen LogP contribution is 2.64. The van der Waals surface area contributed by atoms with Crippen LogP contribution >= 0.6 is 7.29 Å². The minimum Gasteiger partial charge on any atom is -0.289 e. The van der Waals surface area contributed by atoms with Crippen molar-refractivity contribution < 1.29 is 4.57 Å². The molecule has 128 valence electrons. The van der Waals surface area contributed by atoms with Crippen LogP contribution in [0, 0.1) is 0 Å². The van der Waals surface area contributed by atoms with E-state index >= 15 is 0 Å². The zero-order valence-corrected chi connectivity index (χ0v) is 15.3. The lowest BCUT2D eigenvalue weighted by atomic mass is 10.0. The number of rotatable bonds is 0. The van der Waals surface area contributed by atoms with Crippen LogP contribution in [0.4, 0.5) is 11.5 Å². The van der Waals surface area contributed by atoms with Crippen LogP contribution in [0.2, 0.25) is 0 Å². The van der Waals surface area contributed by atoms with Gasteiger partial charge in [0.2, 0.25) is 7.29 Å². The number of hydrogen-bond acceptors (Lipinski definition) is 2. The molecule has 0 fully saturated rings. The molecule has 6 rings (SSSR count). The largest absolute Gasteiger partial charge is 0.289 e. The minimum atomic E-state index is -3.09. The zero-order chi connectivity index (χ0) is 18.0. The molecule has 3 nitrogen and oxygen atoms in total. The predicted octanol–water partition coefficient (Wildman–Crippen LogP) is 5.11. The van der Waals surface area contributed by atoms with E-state index in [1.54, 1.807) is 6.20 Å². The van der Waals surface area contributed by atoms with Crippen LogP contribution in [0.25, 0.3) is 22.3 Å². The Kier molecular flexibility index (Phi) is 2.87. The average molecular weight is 366 g/mol. The van der Waals surface area contributed by atoms with Crippen molar-refractivity contribution in [2.45, 2.75) is 0 Å². The van der Waals surface area contributed by atoms with Crippen LogP contribution in [0.5, 0.6) is 0 Å². The summed E-state index contributed by atoms with van der Waals surface area (Å²) in [5.41, 5.74) is 5.12. The number of fused-ring (bicyclic) bond motifs is 11. The Labute approximate surface area is 157 Å². The van der Waals surface area contributed by atoms with Gasteiger partial charge < -0.3 is 0 Å². The van der Waals surface area contributed by atoms with Gasteiger partial charge in [-0.15, -0.1) is 0 Å². The molecular formula is C23H15N2OP. The second-order valence-electron chi connectivity index (χ2n) is 6.81. The van der Waals surface area contributed by atoms with Crippen molar-refractivity contribution in [3.05, 3.63) is 91.1 Å². The average Bonchev–Trinajstić information content (AvgIpc) is 2.74. The van der Waals surface area contributed by atoms with Crippen LogP contribution in [-0.2, 0) is 4.57 Å². The molecule has 0 N–H and O–H groups in total. The van der Waals surface area contributed by atoms with Crippen molar-refractivity contribution >= 4 is 29.4 Å². The molecule has 2 aliphatic heterocycles. The highest BCUT2D eigenvalue weighted by atomic mass is 31.2. The highest BCUT2D eigenvalue weighted by Gasteiger charge is 2.47. The Balaban J connectivity index is 1.84. The van der Waals surface area contributed by atoms with Crippen LogP contribution in [0.3, 0.4) is 0 Å². The molecule has 0 radical (unpaired) electrons. The van der Waals surface area contributed by atoms with E-state index in [0.717, 1.165) is 44.4 Å². The summed E-state index contributed by atoms with van der Waals surface area (Å²) in [5.74, 6) is 0.765. The molecule has 0 saturated heterocycles. The maximum atomic E-state index is 14.9. The fourth-order valence-electron chi connectivity index (χ4n) is 4.34. The first-order valence-electron chi connectivity index (χ1n) is 8.95. The van der Waals surface area contributed by atoms with Crippen LogP contribution in [-0.4, -0.2) is 4.98 Å². The van der Waals surface area contributed by atoms with E-state index in [2.05, 4.69) is 29.2 Å². The first-order valence-corrected chi connectivity index (χ1v) is 10.6. The summed E-state index contributed by atoms with van der Waals surface area (Å²) in [6.07, 6.45) is 1.78. The van der Waals surface area contributed by atoms with Crippen molar-refractivity contribution in [2.24, 2.45) is 0 Å². The minimum absolute atomic E-state index is 0.765. The SMILES string of the molecule is O=P12c3ccccc3-c3ccccc3N1c1ncccc1-c1ccccc12. The van der Waals surface area contributed by atoms with Gasteiger partial charge >= 0.3 is 0 Å². The molecule has 4 aromatic rings. The summed E-state index contributed by atoms with van der Waals surface area (Å²) in [5, 5.41) is 1.76. The maximum absolute atomic E-state index is 14.9. The normalized spacial score (nSPS) is 18.6. The van der Waals surface area contributed by atoms with Gasteiger partial charge in [-0.05, 0) is 41.5 Å². The lowest BCUT2D eigenvalue weighted by molar-refractivity contribution is 0.586. The number of aromatic nitrogens is 1. The molecule has 1 unspecified atom stereocenters. The number of hydrogen-bond donors (Lipinski definition) is 0. The molecule has 3 aromatic carbocycles. The molecule has 4 heteroatoms. The predicted molar refractivity (Wildman–Crippen MR) is 111 cm³/mol. The number of anilines is 2. The van der Waals surface area contributed by atoms with Crippen molar-refractivity contribution in [2.75, 3.05) is 4.67 Å². The van der Waals surface area contributed by atoms with Crippen molar-refractivity contribution in [1.82, 2.24) is 4.98 Å². The van der Waals surface area contributed by atoms with Crippen LogP contribution in [0.15, 0.2) is 91.1 Å². The fourth-order valence-corrected chi connectivity index (χ4v) is 7.55. The van der Waals surface area contributed by atoms with Crippen LogP contribution < -0.4 is 15.3 Å². The lowest BCUT2D eigenvalue weighted by Crippen LogP contribution is -2.37. The van der Waals surface area contributed by atoms with Gasteiger partial charge in [0.15, 0.2) is 0 Å². The Bertz CT molecular complexity index is 1190. The smallest absolute Gasteiger partial charge is 0.236 e. The van der Waals surface area contributed by atoms with Gasteiger partial charge in [-0.1, -0.05) is 54.6 Å². The van der Waals surface area contributed by atoms with Gasteiger partial charge in [0.25, 0.3) is 0 Å². The Morgan fingerprint density at radius 3 is 1.93 bits per heavy atom. The van der Waals surface area contributed by atoms with Gasteiger partial charge in [-0.3, -0.25) is 9.24 Å². The molecule has 0 spiro atoms.